The molecule has 27 aromatic rings. The topological polar surface area (TPSA) is 0 Å². The zero-order valence-electron chi connectivity index (χ0n) is 79.5. The third-order valence-electron chi connectivity index (χ3n) is 30.1. The molecule has 27 aromatic carbocycles. The maximum atomic E-state index is 2.44. The van der Waals surface area contributed by atoms with Crippen molar-refractivity contribution in [2.24, 2.45) is 0 Å². The molecule has 0 spiro atoms. The molecule has 0 N–H and O–H groups in total. The highest BCUT2D eigenvalue weighted by Crippen LogP contribution is 2.55. The lowest BCUT2D eigenvalue weighted by atomic mass is 9.81. The molecular weight excluding hydrogens is 1720 g/mol. The van der Waals surface area contributed by atoms with E-state index in [9.17, 15) is 0 Å². The van der Waals surface area contributed by atoms with Crippen molar-refractivity contribution in [3.63, 3.8) is 0 Å². The maximum absolute atomic E-state index is 2.44. The van der Waals surface area contributed by atoms with Crippen LogP contribution in [0.25, 0.3) is 263 Å². The lowest BCUT2D eigenvalue weighted by Gasteiger charge is -2.22. The highest BCUT2D eigenvalue weighted by Gasteiger charge is 2.36. The Hall–Kier alpha value is -18.2. The van der Waals surface area contributed by atoms with Gasteiger partial charge in [-0.3, -0.25) is 0 Å². The van der Waals surface area contributed by atoms with Crippen LogP contribution >= 0.6 is 0 Å². The van der Waals surface area contributed by atoms with Gasteiger partial charge in [-0.1, -0.05) is 493 Å². The molecule has 0 aliphatic heterocycles. The predicted molar refractivity (Wildman–Crippen MR) is 615 cm³/mol. The molecule has 1 aliphatic rings. The number of rotatable bonds is 12. The smallest absolute Gasteiger partial charge is 0.0159 e. The van der Waals surface area contributed by atoms with Gasteiger partial charge in [0.1, 0.15) is 0 Å². The molecule has 0 aromatic heterocycles. The Balaban J connectivity index is 0.000000110. The van der Waals surface area contributed by atoms with Crippen molar-refractivity contribution >= 4 is 118 Å². The second-order valence-electron chi connectivity index (χ2n) is 38.6. The third kappa shape index (κ3) is 15.2. The second kappa shape index (κ2) is 36.0. The molecule has 0 heteroatoms. The summed E-state index contributed by atoms with van der Waals surface area (Å²) in [6.45, 7) is 4.72. The Morgan fingerprint density at radius 3 is 0.783 bits per heavy atom. The average molecular weight is 1810 g/mol. The largest absolute Gasteiger partial charge is 0.0622 e. The van der Waals surface area contributed by atoms with Crippen molar-refractivity contribution in [3.8, 4) is 145 Å². The van der Waals surface area contributed by atoms with E-state index in [-0.39, 0.29) is 5.41 Å². The minimum absolute atomic E-state index is 0.0404. The number of hydrogen-bond donors (Lipinski definition) is 0. The van der Waals surface area contributed by atoms with Gasteiger partial charge in [0.05, 0.1) is 0 Å². The summed E-state index contributed by atoms with van der Waals surface area (Å²) in [4.78, 5) is 0. The number of benzene rings is 27. The summed E-state index contributed by atoms with van der Waals surface area (Å²) in [5, 5.41) is 27.8. The first-order chi connectivity index (χ1) is 70.7. The van der Waals surface area contributed by atoms with Crippen molar-refractivity contribution in [1.82, 2.24) is 0 Å². The molecule has 28 rings (SSSR count). The molecule has 0 nitrogen and oxygen atoms in total. The molecule has 668 valence electrons. The SMILES string of the molecule is CC1(C)c2ccccc2-c2ccc(-c3cc(-c4c5ccccc5c(-c5ccccc5)c5ccccc45)c4ccccc4c3)cc21.c1ccc(-c2c3ccccc3c(-c3ccc(-c4ccc5ccccc5c4)c4cc(-c5ccc6ccccc6c5)ccc34)c3ccccc23)cc1.c1ccc(-c2cc(-c3ccccc3)cc(-c3cc(-c4c5ccccc5c(-c5ccccc5)c5ccccc45)c4ccccc4c3)c2)cc1. The Kier molecular flexibility index (Phi) is 21.4. The van der Waals surface area contributed by atoms with Gasteiger partial charge in [0, 0.05) is 5.41 Å². The third-order valence-corrected chi connectivity index (χ3v) is 30.1. The summed E-state index contributed by atoms with van der Waals surface area (Å²) in [5.74, 6) is 0. The van der Waals surface area contributed by atoms with Crippen LogP contribution in [0.3, 0.4) is 0 Å². The van der Waals surface area contributed by atoms with Crippen LogP contribution in [0.1, 0.15) is 25.0 Å². The van der Waals surface area contributed by atoms with Gasteiger partial charge in [-0.05, 0) is 341 Å². The number of fused-ring (bicyclic) bond motifs is 14. The van der Waals surface area contributed by atoms with Gasteiger partial charge >= 0.3 is 0 Å². The first-order valence-corrected chi connectivity index (χ1v) is 49.8. The van der Waals surface area contributed by atoms with Crippen LogP contribution in [0.5, 0.6) is 0 Å². The molecule has 0 heterocycles. The highest BCUT2D eigenvalue weighted by atomic mass is 14.4. The molecule has 0 unspecified atom stereocenters. The lowest BCUT2D eigenvalue weighted by molar-refractivity contribution is 0.660. The van der Waals surface area contributed by atoms with Crippen molar-refractivity contribution in [1.29, 1.82) is 0 Å². The van der Waals surface area contributed by atoms with Crippen LogP contribution in [-0.4, -0.2) is 0 Å². The van der Waals surface area contributed by atoms with E-state index in [1.807, 2.05) is 0 Å². The van der Waals surface area contributed by atoms with Crippen molar-refractivity contribution in [3.05, 3.63) is 557 Å². The van der Waals surface area contributed by atoms with Crippen molar-refractivity contribution < 1.29 is 0 Å². The fraction of sp³-hybridized carbons (Fsp3) is 0.0210. The zero-order valence-corrected chi connectivity index (χ0v) is 79.5. The van der Waals surface area contributed by atoms with Gasteiger partial charge in [0.15, 0.2) is 0 Å². The van der Waals surface area contributed by atoms with Crippen molar-refractivity contribution in [2.75, 3.05) is 0 Å². The lowest BCUT2D eigenvalue weighted by Crippen LogP contribution is -2.14. The van der Waals surface area contributed by atoms with E-state index in [0.717, 1.165) is 0 Å². The van der Waals surface area contributed by atoms with Gasteiger partial charge in [-0.15, -0.1) is 0 Å². The minimum atomic E-state index is -0.0404. The van der Waals surface area contributed by atoms with Crippen LogP contribution in [0.2, 0.25) is 0 Å². The Labute approximate surface area is 833 Å². The Morgan fingerprint density at radius 1 is 0.105 bits per heavy atom. The highest BCUT2D eigenvalue weighted by molar-refractivity contribution is 6.28. The van der Waals surface area contributed by atoms with E-state index in [4.69, 9.17) is 0 Å². The summed E-state index contributed by atoms with van der Waals surface area (Å²) >= 11 is 0. The first-order valence-electron chi connectivity index (χ1n) is 49.8. The maximum Gasteiger partial charge on any atom is 0.0159 e. The predicted octanol–water partition coefficient (Wildman–Crippen LogP) is 40.1. The van der Waals surface area contributed by atoms with Gasteiger partial charge < -0.3 is 0 Å². The summed E-state index contributed by atoms with van der Waals surface area (Å²) in [6.07, 6.45) is 0. The second-order valence-corrected chi connectivity index (χ2v) is 38.6. The summed E-state index contributed by atoms with van der Waals surface area (Å²) in [6, 6.07) is 201. The fourth-order valence-corrected chi connectivity index (χ4v) is 23.4. The molecular formula is C143H96. The average Bonchev–Trinajstić information content (AvgIpc) is 1.67. The van der Waals surface area contributed by atoms with Crippen molar-refractivity contribution in [2.45, 2.75) is 19.3 Å². The molecule has 0 fully saturated rings. The molecule has 0 amide bonds. The van der Waals surface area contributed by atoms with E-state index < -0.39 is 0 Å². The Morgan fingerprint density at radius 2 is 0.364 bits per heavy atom. The van der Waals surface area contributed by atoms with Crippen LogP contribution in [-0.2, 0) is 5.41 Å². The molecule has 0 atom stereocenters. The normalized spacial score (nSPS) is 12.0. The summed E-state index contributed by atoms with van der Waals surface area (Å²) in [7, 11) is 0. The Bertz CT molecular complexity index is 9480. The molecule has 0 saturated carbocycles. The van der Waals surface area contributed by atoms with E-state index in [1.54, 1.807) is 0 Å². The van der Waals surface area contributed by atoms with E-state index in [0.29, 0.717) is 0 Å². The molecule has 0 radical (unpaired) electrons. The fourth-order valence-electron chi connectivity index (χ4n) is 23.4. The zero-order chi connectivity index (χ0) is 95.0. The summed E-state index contributed by atoms with van der Waals surface area (Å²) < 4.78 is 0. The van der Waals surface area contributed by atoms with Crippen LogP contribution in [0.4, 0.5) is 0 Å². The number of hydrogen-bond acceptors (Lipinski definition) is 0. The van der Waals surface area contributed by atoms with Crippen LogP contribution < -0.4 is 0 Å². The molecule has 0 saturated heterocycles. The van der Waals surface area contributed by atoms with Gasteiger partial charge in [-0.2, -0.15) is 0 Å². The van der Waals surface area contributed by atoms with E-state index >= 15 is 0 Å². The van der Waals surface area contributed by atoms with Gasteiger partial charge in [0.25, 0.3) is 0 Å². The van der Waals surface area contributed by atoms with Gasteiger partial charge in [0.2, 0.25) is 0 Å². The van der Waals surface area contributed by atoms with Gasteiger partial charge in [-0.25, -0.2) is 0 Å². The molecule has 143 heavy (non-hydrogen) atoms. The van der Waals surface area contributed by atoms with Crippen LogP contribution in [0.15, 0.2) is 546 Å². The van der Waals surface area contributed by atoms with Crippen LogP contribution in [0, 0.1) is 0 Å². The van der Waals surface area contributed by atoms with E-state index in [1.165, 1.54) is 274 Å². The monoisotopic (exact) mass is 1810 g/mol. The quantitative estimate of drug-likeness (QED) is 0.107. The summed E-state index contributed by atoms with van der Waals surface area (Å²) in [5.41, 5.74) is 35.4. The molecule has 0 bridgehead atoms. The first kappa shape index (κ1) is 85.2. The minimum Gasteiger partial charge on any atom is -0.0622 e. The molecule has 1 aliphatic carbocycles. The standard InChI is InChI=1S/C50H32.C48H32.C45H32/c1-2-14-35(15-3-1)49-43-18-8-10-20-45(43)50(46-21-11-9-19-44(46)49)47-29-28-41(40-25-23-34-13-5-7-17-37(34)31-40)48-32-39(26-27-42(47)48)38-24-22-33-12-4-6-16-36(33)30-38;1-4-16-33(17-5-1)37-29-38(34-18-6-2-7-19-34)31-39(30-37)40-28-36-22-10-11-23-41(36)46(32-40)48-44-26-14-12-24-42(44)47(35-20-8-3-9-21-35)43-25-13-15-27-45(43)48;1-45(2)41-23-13-12-18-34(41)35-25-24-30(28-42(35)45)32-26-31-16-6-7-17-33(31)40(27-32)44-38-21-10-8-19-36(38)43(29-14-4-3-5-15-29)37-20-9-11-22-39(37)44/h1-32H;1-32H;3-28H,1-2H3. The van der Waals surface area contributed by atoms with E-state index in [2.05, 4.69) is 560 Å².